The van der Waals surface area contributed by atoms with Crippen molar-refractivity contribution in [1.82, 2.24) is 0 Å². The quantitative estimate of drug-likeness (QED) is 0.510. The second kappa shape index (κ2) is 2.47. The van der Waals surface area contributed by atoms with Gasteiger partial charge in [-0.05, 0) is 19.1 Å². The molecule has 0 atom stereocenters. The number of carbonyl (C=O) groups is 1. The van der Waals surface area contributed by atoms with Crippen LogP contribution in [-0.4, -0.2) is 6.03 Å². The lowest BCUT2D eigenvalue weighted by Gasteiger charge is -1.94. The third-order valence-electron chi connectivity index (χ3n) is 1.30. The van der Waals surface area contributed by atoms with Crippen LogP contribution in [0.5, 0.6) is 0 Å². The standard InChI is InChI=1S/C7H8N2O/c1-6-4-2-3-5-9(6)7(8)10/h2-5H,1H3,(H-,8,10)/p+1. The predicted molar refractivity (Wildman–Crippen MR) is 36.4 cm³/mol. The minimum Gasteiger partial charge on any atom is -0.250 e. The van der Waals surface area contributed by atoms with Crippen LogP contribution in [0, 0.1) is 6.92 Å². The van der Waals surface area contributed by atoms with Crippen LogP contribution in [0.3, 0.4) is 0 Å². The third-order valence-corrected chi connectivity index (χ3v) is 1.30. The molecule has 0 aliphatic carbocycles. The molecular weight excluding hydrogens is 128 g/mol. The number of nitrogens with two attached hydrogens (primary N) is 1. The highest BCUT2D eigenvalue weighted by molar-refractivity contribution is 5.61. The molecule has 3 nitrogen and oxygen atoms in total. The molecule has 1 amide bonds. The summed E-state index contributed by atoms with van der Waals surface area (Å²) in [5, 5.41) is 0. The number of nitrogens with zero attached hydrogens (tertiary/aromatic N) is 1. The van der Waals surface area contributed by atoms with Gasteiger partial charge in [0.1, 0.15) is 5.69 Å². The maximum absolute atomic E-state index is 10.6. The number of amides is 1. The zero-order valence-electron chi connectivity index (χ0n) is 5.74. The Labute approximate surface area is 59.1 Å². The fraction of sp³-hybridized carbons (Fsp3) is 0.143. The molecule has 0 spiro atoms. The second-order valence-electron chi connectivity index (χ2n) is 2.05. The molecule has 2 N–H and O–H groups in total. The fourth-order valence-corrected chi connectivity index (χ4v) is 0.776. The van der Waals surface area contributed by atoms with E-state index in [2.05, 4.69) is 0 Å². The number of hydrogen-bond donors (Lipinski definition) is 1. The maximum atomic E-state index is 10.6. The zero-order valence-corrected chi connectivity index (χ0v) is 5.74. The Hall–Kier alpha value is -1.38. The highest BCUT2D eigenvalue weighted by Crippen LogP contribution is 1.85. The van der Waals surface area contributed by atoms with E-state index in [1.54, 1.807) is 12.3 Å². The van der Waals surface area contributed by atoms with Gasteiger partial charge in [-0.15, -0.1) is 0 Å². The molecule has 0 saturated heterocycles. The summed E-state index contributed by atoms with van der Waals surface area (Å²) in [6.07, 6.45) is 1.64. The van der Waals surface area contributed by atoms with Gasteiger partial charge in [0, 0.05) is 0 Å². The summed E-state index contributed by atoms with van der Waals surface area (Å²) < 4.78 is 1.39. The summed E-state index contributed by atoms with van der Waals surface area (Å²) in [6.45, 7) is 1.82. The molecule has 1 aromatic rings. The van der Waals surface area contributed by atoms with Crippen molar-refractivity contribution >= 4 is 6.03 Å². The molecule has 0 aliphatic rings. The molecule has 0 aromatic carbocycles. The van der Waals surface area contributed by atoms with Crippen molar-refractivity contribution in [2.24, 2.45) is 5.73 Å². The molecule has 52 valence electrons. The number of hydrogen-bond acceptors (Lipinski definition) is 1. The van der Waals surface area contributed by atoms with Crippen LogP contribution in [0.1, 0.15) is 5.69 Å². The molecule has 0 aliphatic heterocycles. The van der Waals surface area contributed by atoms with Crippen molar-refractivity contribution in [3.05, 3.63) is 30.1 Å². The highest BCUT2D eigenvalue weighted by atomic mass is 16.2. The van der Waals surface area contributed by atoms with E-state index in [-0.39, 0.29) is 0 Å². The van der Waals surface area contributed by atoms with E-state index in [1.807, 2.05) is 19.1 Å². The number of pyridine rings is 1. The summed E-state index contributed by atoms with van der Waals surface area (Å²) in [5.41, 5.74) is 5.88. The van der Waals surface area contributed by atoms with Gasteiger partial charge >= 0.3 is 6.03 Å². The molecule has 0 bridgehead atoms. The first-order valence-corrected chi connectivity index (χ1v) is 2.99. The summed E-state index contributed by atoms with van der Waals surface area (Å²) >= 11 is 0. The monoisotopic (exact) mass is 137 g/mol. The first kappa shape index (κ1) is 6.74. The van der Waals surface area contributed by atoms with Gasteiger partial charge in [0.05, 0.1) is 6.20 Å². The Morgan fingerprint density at radius 1 is 1.60 bits per heavy atom. The normalized spacial score (nSPS) is 9.30. The number of aryl methyl sites for hydroxylation is 1. The molecule has 0 fully saturated rings. The van der Waals surface area contributed by atoms with Gasteiger partial charge in [-0.3, -0.25) is 5.73 Å². The summed E-state index contributed by atoms with van der Waals surface area (Å²) in [4.78, 5) is 10.6. The van der Waals surface area contributed by atoms with Gasteiger partial charge in [0.2, 0.25) is 0 Å². The highest BCUT2D eigenvalue weighted by Gasteiger charge is 2.06. The lowest BCUT2D eigenvalue weighted by Crippen LogP contribution is -2.49. The van der Waals surface area contributed by atoms with Crippen molar-refractivity contribution in [3.8, 4) is 0 Å². The lowest BCUT2D eigenvalue weighted by molar-refractivity contribution is -0.576. The van der Waals surface area contributed by atoms with Gasteiger partial charge < -0.3 is 0 Å². The Morgan fingerprint density at radius 2 is 2.30 bits per heavy atom. The molecular formula is C7H9N2O+. The molecule has 1 rings (SSSR count). The maximum Gasteiger partial charge on any atom is 0.493 e. The topological polar surface area (TPSA) is 47.0 Å². The van der Waals surface area contributed by atoms with E-state index < -0.39 is 6.03 Å². The first-order valence-electron chi connectivity index (χ1n) is 2.99. The minimum atomic E-state index is -0.446. The Balaban J connectivity index is 3.15. The second-order valence-corrected chi connectivity index (χ2v) is 2.05. The van der Waals surface area contributed by atoms with Crippen molar-refractivity contribution < 1.29 is 9.36 Å². The Kier molecular flexibility index (Phi) is 1.67. The molecule has 0 unspecified atom stereocenters. The van der Waals surface area contributed by atoms with E-state index >= 15 is 0 Å². The molecule has 0 radical (unpaired) electrons. The van der Waals surface area contributed by atoms with Gasteiger partial charge in [0.15, 0.2) is 0 Å². The third kappa shape index (κ3) is 1.13. The molecule has 10 heavy (non-hydrogen) atoms. The van der Waals surface area contributed by atoms with Crippen molar-refractivity contribution in [2.75, 3.05) is 0 Å². The minimum absolute atomic E-state index is 0.446. The summed E-state index contributed by atoms with van der Waals surface area (Å²) in [5.74, 6) is 0. The van der Waals surface area contributed by atoms with E-state index in [4.69, 9.17) is 5.73 Å². The predicted octanol–water partition coefficient (Wildman–Crippen LogP) is 0.209. The van der Waals surface area contributed by atoms with Gasteiger partial charge in [-0.1, -0.05) is 6.07 Å². The van der Waals surface area contributed by atoms with E-state index in [9.17, 15) is 4.79 Å². The molecule has 0 saturated carbocycles. The first-order chi connectivity index (χ1) is 4.72. The lowest BCUT2D eigenvalue weighted by atomic mass is 10.4. The average molecular weight is 137 g/mol. The van der Waals surface area contributed by atoms with Crippen molar-refractivity contribution in [2.45, 2.75) is 6.92 Å². The molecule has 1 aromatic heterocycles. The Bertz CT molecular complexity index is 258. The van der Waals surface area contributed by atoms with Crippen LogP contribution in [0.2, 0.25) is 0 Å². The number of rotatable bonds is 0. The summed E-state index contributed by atoms with van der Waals surface area (Å²) in [6, 6.07) is 5.00. The molecule has 3 heteroatoms. The van der Waals surface area contributed by atoms with Crippen LogP contribution < -0.4 is 10.3 Å². The Morgan fingerprint density at radius 3 is 2.70 bits per heavy atom. The van der Waals surface area contributed by atoms with Crippen LogP contribution in [-0.2, 0) is 0 Å². The van der Waals surface area contributed by atoms with E-state index in [0.717, 1.165) is 5.69 Å². The van der Waals surface area contributed by atoms with Crippen LogP contribution in [0.15, 0.2) is 24.4 Å². The summed E-state index contributed by atoms with van der Waals surface area (Å²) in [7, 11) is 0. The van der Waals surface area contributed by atoms with Crippen molar-refractivity contribution in [3.63, 3.8) is 0 Å². The smallest absolute Gasteiger partial charge is 0.250 e. The van der Waals surface area contributed by atoms with Gasteiger partial charge in [0.25, 0.3) is 0 Å². The van der Waals surface area contributed by atoms with Gasteiger partial charge in [-0.25, -0.2) is 0 Å². The SMILES string of the molecule is Cc1cccc[n+]1C(N)=O. The largest absolute Gasteiger partial charge is 0.493 e. The zero-order chi connectivity index (χ0) is 7.56. The van der Waals surface area contributed by atoms with Crippen LogP contribution in [0.25, 0.3) is 0 Å². The number of aromatic nitrogens is 1. The van der Waals surface area contributed by atoms with Gasteiger partial charge in [-0.2, -0.15) is 9.36 Å². The van der Waals surface area contributed by atoms with E-state index in [0.29, 0.717) is 0 Å². The van der Waals surface area contributed by atoms with E-state index in [1.165, 1.54) is 4.57 Å². The number of carbonyl (C=O) groups excluding carboxylic acids is 1. The average Bonchev–Trinajstić information content (AvgIpc) is 1.88. The number of primary amides is 1. The van der Waals surface area contributed by atoms with Crippen LogP contribution >= 0.6 is 0 Å². The van der Waals surface area contributed by atoms with Crippen molar-refractivity contribution in [1.29, 1.82) is 0 Å². The fourth-order valence-electron chi connectivity index (χ4n) is 0.776. The van der Waals surface area contributed by atoms with Crippen LogP contribution in [0.4, 0.5) is 4.79 Å². The molecule has 1 heterocycles.